The number of hydrogen-bond acceptors (Lipinski definition) is 5. The summed E-state index contributed by atoms with van der Waals surface area (Å²) in [7, 11) is 0. The lowest BCUT2D eigenvalue weighted by Crippen LogP contribution is -2.13. The average Bonchev–Trinajstić information content (AvgIpc) is 2.94. The topological polar surface area (TPSA) is 88.2 Å². The Balaban J connectivity index is 1.85. The SMILES string of the molecule is Cc1ccsc1-c1ccc(NC(=O)c2ccccc2O)nc1N. The number of rotatable bonds is 3. The van der Waals surface area contributed by atoms with Crippen molar-refractivity contribution in [2.75, 3.05) is 11.1 Å². The maximum absolute atomic E-state index is 12.2. The van der Waals surface area contributed by atoms with Gasteiger partial charge in [-0.2, -0.15) is 0 Å². The summed E-state index contributed by atoms with van der Waals surface area (Å²) in [6.45, 7) is 2.01. The summed E-state index contributed by atoms with van der Waals surface area (Å²) in [4.78, 5) is 17.5. The van der Waals surface area contributed by atoms with Crippen molar-refractivity contribution in [3.63, 3.8) is 0 Å². The van der Waals surface area contributed by atoms with Crippen LogP contribution in [0, 0.1) is 6.92 Å². The molecule has 0 bridgehead atoms. The predicted octanol–water partition coefficient (Wildman–Crippen LogP) is 3.66. The number of aromatic hydroxyl groups is 1. The van der Waals surface area contributed by atoms with Crippen LogP contribution in [0.1, 0.15) is 15.9 Å². The number of carbonyl (C=O) groups is 1. The van der Waals surface area contributed by atoms with Gasteiger partial charge < -0.3 is 16.2 Å². The quantitative estimate of drug-likeness (QED) is 0.685. The zero-order chi connectivity index (χ0) is 16.4. The third-order valence-corrected chi connectivity index (χ3v) is 4.47. The lowest BCUT2D eigenvalue weighted by Gasteiger charge is -2.09. The standard InChI is InChI=1S/C17H15N3O2S/c1-10-8-9-23-15(10)12-6-7-14(19-16(12)18)20-17(22)11-4-2-3-5-13(11)21/h2-9,21H,1H3,(H3,18,19,20,22). The zero-order valence-corrected chi connectivity index (χ0v) is 13.2. The molecule has 2 aromatic heterocycles. The number of phenolic OH excluding ortho intramolecular Hbond substituents is 1. The molecule has 1 aromatic carbocycles. The predicted molar refractivity (Wildman–Crippen MR) is 92.8 cm³/mol. The van der Waals surface area contributed by atoms with Crippen molar-refractivity contribution < 1.29 is 9.90 Å². The van der Waals surface area contributed by atoms with Crippen molar-refractivity contribution >= 4 is 28.9 Å². The van der Waals surface area contributed by atoms with Gasteiger partial charge in [0.1, 0.15) is 17.4 Å². The minimum atomic E-state index is -0.435. The van der Waals surface area contributed by atoms with E-state index in [0.29, 0.717) is 11.6 Å². The van der Waals surface area contributed by atoms with Gasteiger partial charge in [-0.25, -0.2) is 4.98 Å². The van der Waals surface area contributed by atoms with Gasteiger partial charge >= 0.3 is 0 Å². The Kier molecular flexibility index (Phi) is 3.99. The first-order valence-corrected chi connectivity index (χ1v) is 7.84. The molecule has 0 spiro atoms. The number of carbonyl (C=O) groups excluding carboxylic acids is 1. The van der Waals surface area contributed by atoms with Gasteiger partial charge in [0.2, 0.25) is 0 Å². The second-order valence-electron chi connectivity index (χ2n) is 5.03. The maximum Gasteiger partial charge on any atom is 0.260 e. The Labute approximate surface area is 137 Å². The molecule has 23 heavy (non-hydrogen) atoms. The number of anilines is 2. The van der Waals surface area contributed by atoms with E-state index in [1.165, 1.54) is 12.1 Å². The van der Waals surface area contributed by atoms with E-state index in [1.54, 1.807) is 29.5 Å². The highest BCUT2D eigenvalue weighted by Gasteiger charge is 2.13. The third kappa shape index (κ3) is 3.02. The van der Waals surface area contributed by atoms with Crippen LogP contribution in [-0.4, -0.2) is 16.0 Å². The molecular formula is C17H15N3O2S. The van der Waals surface area contributed by atoms with E-state index in [9.17, 15) is 9.90 Å². The van der Waals surface area contributed by atoms with Crippen molar-refractivity contribution in [1.29, 1.82) is 0 Å². The minimum absolute atomic E-state index is 0.0798. The fourth-order valence-corrected chi connectivity index (χ4v) is 3.20. The average molecular weight is 325 g/mol. The Morgan fingerprint density at radius 3 is 2.65 bits per heavy atom. The number of benzene rings is 1. The number of nitrogen functional groups attached to an aromatic ring is 1. The van der Waals surface area contributed by atoms with Crippen molar-refractivity contribution in [2.45, 2.75) is 6.92 Å². The van der Waals surface area contributed by atoms with Gasteiger partial charge in [-0.3, -0.25) is 4.79 Å². The summed E-state index contributed by atoms with van der Waals surface area (Å²) < 4.78 is 0. The van der Waals surface area contributed by atoms with Crippen molar-refractivity contribution in [3.8, 4) is 16.2 Å². The van der Waals surface area contributed by atoms with Crippen LogP contribution in [0.2, 0.25) is 0 Å². The third-order valence-electron chi connectivity index (χ3n) is 3.42. The van der Waals surface area contributed by atoms with Crippen LogP contribution >= 0.6 is 11.3 Å². The van der Waals surface area contributed by atoms with Crippen molar-refractivity contribution in [2.24, 2.45) is 0 Å². The number of phenols is 1. The maximum atomic E-state index is 12.2. The summed E-state index contributed by atoms with van der Waals surface area (Å²) in [5.41, 5.74) is 8.19. The molecule has 3 rings (SSSR count). The van der Waals surface area contributed by atoms with Gasteiger partial charge in [-0.15, -0.1) is 11.3 Å². The second kappa shape index (κ2) is 6.10. The number of nitrogens with one attached hydrogen (secondary N) is 1. The van der Waals surface area contributed by atoms with Crippen LogP contribution < -0.4 is 11.1 Å². The van der Waals surface area contributed by atoms with E-state index in [1.807, 2.05) is 24.4 Å². The number of amides is 1. The number of para-hydroxylation sites is 1. The molecule has 0 aliphatic rings. The molecule has 0 atom stereocenters. The molecule has 0 unspecified atom stereocenters. The highest BCUT2D eigenvalue weighted by atomic mass is 32.1. The van der Waals surface area contributed by atoms with Gasteiger partial charge in [-0.05, 0) is 48.2 Å². The summed E-state index contributed by atoms with van der Waals surface area (Å²) in [6, 6.07) is 11.9. The lowest BCUT2D eigenvalue weighted by atomic mass is 10.1. The first kappa shape index (κ1) is 15.1. The van der Waals surface area contributed by atoms with Gasteiger partial charge in [0.15, 0.2) is 0 Å². The van der Waals surface area contributed by atoms with Gasteiger partial charge in [-0.1, -0.05) is 12.1 Å². The lowest BCUT2D eigenvalue weighted by molar-refractivity contribution is 0.102. The van der Waals surface area contributed by atoms with Crippen LogP contribution in [-0.2, 0) is 0 Å². The fraction of sp³-hybridized carbons (Fsp3) is 0.0588. The van der Waals surface area contributed by atoms with Crippen LogP contribution in [0.3, 0.4) is 0 Å². The summed E-state index contributed by atoms with van der Waals surface area (Å²) in [6.07, 6.45) is 0. The van der Waals surface area contributed by atoms with Crippen molar-refractivity contribution in [3.05, 3.63) is 59.0 Å². The summed E-state index contributed by atoms with van der Waals surface area (Å²) in [5.74, 6) is 0.179. The largest absolute Gasteiger partial charge is 0.507 e. The number of thiophene rings is 1. The van der Waals surface area contributed by atoms with Crippen LogP contribution in [0.25, 0.3) is 10.4 Å². The molecule has 0 radical (unpaired) electrons. The minimum Gasteiger partial charge on any atom is -0.507 e. The highest BCUT2D eigenvalue weighted by Crippen LogP contribution is 2.33. The zero-order valence-electron chi connectivity index (χ0n) is 12.4. The molecule has 0 saturated carbocycles. The molecule has 4 N–H and O–H groups in total. The number of nitrogens with two attached hydrogens (primary N) is 1. The van der Waals surface area contributed by atoms with Gasteiger partial charge in [0, 0.05) is 10.4 Å². The Morgan fingerprint density at radius 2 is 2.00 bits per heavy atom. The molecule has 0 saturated heterocycles. The molecule has 116 valence electrons. The Hall–Kier alpha value is -2.86. The monoisotopic (exact) mass is 325 g/mol. The molecule has 0 aliphatic heterocycles. The molecular weight excluding hydrogens is 310 g/mol. The number of aryl methyl sites for hydroxylation is 1. The first-order valence-electron chi connectivity index (χ1n) is 6.96. The molecule has 0 aliphatic carbocycles. The molecule has 1 amide bonds. The molecule has 3 aromatic rings. The van der Waals surface area contributed by atoms with E-state index in [-0.39, 0.29) is 11.3 Å². The first-order chi connectivity index (χ1) is 11.1. The molecule has 2 heterocycles. The Bertz CT molecular complexity index is 874. The summed E-state index contributed by atoms with van der Waals surface area (Å²) in [5, 5.41) is 14.3. The van der Waals surface area contributed by atoms with Crippen LogP contribution in [0.15, 0.2) is 47.8 Å². The van der Waals surface area contributed by atoms with E-state index in [2.05, 4.69) is 10.3 Å². The number of aromatic nitrogens is 1. The van der Waals surface area contributed by atoms with E-state index < -0.39 is 5.91 Å². The number of nitrogens with zero attached hydrogens (tertiary/aromatic N) is 1. The van der Waals surface area contributed by atoms with Crippen LogP contribution in [0.4, 0.5) is 11.6 Å². The Morgan fingerprint density at radius 1 is 1.22 bits per heavy atom. The highest BCUT2D eigenvalue weighted by molar-refractivity contribution is 7.13. The molecule has 6 heteroatoms. The number of hydrogen-bond donors (Lipinski definition) is 3. The van der Waals surface area contributed by atoms with Crippen LogP contribution in [0.5, 0.6) is 5.75 Å². The normalized spacial score (nSPS) is 10.5. The van der Waals surface area contributed by atoms with Crippen molar-refractivity contribution in [1.82, 2.24) is 4.98 Å². The van der Waals surface area contributed by atoms with E-state index in [0.717, 1.165) is 16.0 Å². The second-order valence-corrected chi connectivity index (χ2v) is 5.95. The smallest absolute Gasteiger partial charge is 0.260 e. The molecule has 5 nitrogen and oxygen atoms in total. The van der Waals surface area contributed by atoms with E-state index in [4.69, 9.17) is 5.73 Å². The fourth-order valence-electron chi connectivity index (χ4n) is 2.23. The molecule has 0 fully saturated rings. The number of pyridine rings is 1. The van der Waals surface area contributed by atoms with E-state index >= 15 is 0 Å². The summed E-state index contributed by atoms with van der Waals surface area (Å²) >= 11 is 1.59. The van der Waals surface area contributed by atoms with Gasteiger partial charge in [0.05, 0.1) is 5.56 Å². The van der Waals surface area contributed by atoms with Gasteiger partial charge in [0.25, 0.3) is 5.91 Å².